The lowest BCUT2D eigenvalue weighted by molar-refractivity contribution is -0.153. The van der Waals surface area contributed by atoms with Gasteiger partial charge in [0.1, 0.15) is 18.4 Å². The van der Waals surface area contributed by atoms with Crippen molar-refractivity contribution >= 4 is 18.0 Å². The van der Waals surface area contributed by atoms with Crippen LogP contribution in [0.2, 0.25) is 0 Å². The van der Waals surface area contributed by atoms with Crippen LogP contribution in [0.3, 0.4) is 0 Å². The largest absolute Gasteiger partial charge is 0.497 e. The van der Waals surface area contributed by atoms with E-state index in [0.717, 1.165) is 11.1 Å². The lowest BCUT2D eigenvalue weighted by atomic mass is 10.1. The van der Waals surface area contributed by atoms with Crippen molar-refractivity contribution < 1.29 is 28.7 Å². The van der Waals surface area contributed by atoms with Gasteiger partial charge in [0.15, 0.2) is 0 Å². The molecule has 2 rings (SSSR count). The number of rotatable bonds is 8. The van der Waals surface area contributed by atoms with E-state index in [0.29, 0.717) is 5.75 Å². The lowest BCUT2D eigenvalue weighted by Gasteiger charge is -2.17. The number of nitrogens with one attached hydrogen (secondary N) is 2. The van der Waals surface area contributed by atoms with Gasteiger partial charge in [0.05, 0.1) is 7.11 Å². The minimum absolute atomic E-state index is 0.0338. The first-order valence-corrected chi connectivity index (χ1v) is 9.11. The summed E-state index contributed by atoms with van der Waals surface area (Å²) in [5, 5.41) is 2.59. The van der Waals surface area contributed by atoms with Crippen molar-refractivity contribution in [3.8, 4) is 5.75 Å². The summed E-state index contributed by atoms with van der Waals surface area (Å²) in [5.41, 5.74) is 3.53. The fraction of sp³-hybridized carbons (Fsp3) is 0.286. The maximum absolute atomic E-state index is 12.4. The molecular weight excluding hydrogens is 376 g/mol. The van der Waals surface area contributed by atoms with E-state index in [2.05, 4.69) is 5.32 Å². The van der Waals surface area contributed by atoms with Crippen molar-refractivity contribution in [2.75, 3.05) is 7.11 Å². The second-order valence-electron chi connectivity index (χ2n) is 6.11. The summed E-state index contributed by atoms with van der Waals surface area (Å²) in [6.07, 6.45) is -0.513. The third-order valence-electron chi connectivity index (χ3n) is 3.99. The summed E-state index contributed by atoms with van der Waals surface area (Å²) >= 11 is 0. The predicted octanol–water partition coefficient (Wildman–Crippen LogP) is 2.52. The Balaban J connectivity index is 1.89. The van der Waals surface area contributed by atoms with Crippen molar-refractivity contribution in [2.24, 2.45) is 0 Å². The highest BCUT2D eigenvalue weighted by Crippen LogP contribution is 2.13. The zero-order valence-electron chi connectivity index (χ0n) is 16.3. The van der Waals surface area contributed by atoms with Gasteiger partial charge in [0.25, 0.3) is 0 Å². The van der Waals surface area contributed by atoms with Crippen LogP contribution in [-0.4, -0.2) is 31.1 Å². The third-order valence-corrected chi connectivity index (χ3v) is 3.99. The molecule has 0 saturated carbocycles. The molecule has 2 aromatic rings. The van der Waals surface area contributed by atoms with Crippen LogP contribution < -0.4 is 15.5 Å². The van der Waals surface area contributed by atoms with E-state index in [1.165, 1.54) is 0 Å². The second-order valence-corrected chi connectivity index (χ2v) is 6.11. The monoisotopic (exact) mass is 400 g/mol. The van der Waals surface area contributed by atoms with Gasteiger partial charge in [0, 0.05) is 12.8 Å². The number of hydrogen-bond donors (Lipinski definition) is 2. The molecule has 0 bridgehead atoms. The second kappa shape index (κ2) is 11.3. The number of hydroxylamine groups is 1. The van der Waals surface area contributed by atoms with Gasteiger partial charge in [-0.1, -0.05) is 49.4 Å². The SMILES string of the molecule is CCC(=O)N[C@@H](Cc1ccc(OC)cc1)C(=O)ONC(=O)OCc1ccccc1. The van der Waals surface area contributed by atoms with Gasteiger partial charge in [-0.2, -0.15) is 0 Å². The number of methoxy groups -OCH3 is 1. The molecule has 0 spiro atoms. The van der Waals surface area contributed by atoms with Crippen LogP contribution in [0.1, 0.15) is 24.5 Å². The van der Waals surface area contributed by atoms with Crippen LogP contribution >= 0.6 is 0 Å². The Bertz CT molecular complexity index is 808. The minimum atomic E-state index is -0.967. The quantitative estimate of drug-likeness (QED) is 0.660. The van der Waals surface area contributed by atoms with Crippen LogP contribution in [0, 0.1) is 0 Å². The summed E-state index contributed by atoms with van der Waals surface area (Å²) in [6.45, 7) is 1.70. The fourth-order valence-corrected chi connectivity index (χ4v) is 2.40. The molecular formula is C21H24N2O6. The molecule has 0 fully saturated rings. The Morgan fingerprint density at radius 1 is 0.966 bits per heavy atom. The number of amides is 2. The molecule has 8 nitrogen and oxygen atoms in total. The van der Waals surface area contributed by atoms with Crippen LogP contribution in [0.25, 0.3) is 0 Å². The topological polar surface area (TPSA) is 103 Å². The van der Waals surface area contributed by atoms with Crippen LogP contribution in [0.4, 0.5) is 4.79 Å². The van der Waals surface area contributed by atoms with Gasteiger partial charge in [-0.25, -0.2) is 9.59 Å². The summed E-state index contributed by atoms with van der Waals surface area (Å²) < 4.78 is 10.1. The number of carbonyl (C=O) groups excluding carboxylic acids is 3. The zero-order chi connectivity index (χ0) is 21.1. The first kappa shape index (κ1) is 21.7. The molecule has 0 radical (unpaired) electrons. The summed E-state index contributed by atoms with van der Waals surface area (Å²) in [7, 11) is 1.55. The highest BCUT2D eigenvalue weighted by atomic mass is 16.7. The Morgan fingerprint density at radius 3 is 2.28 bits per heavy atom. The average Bonchev–Trinajstić information content (AvgIpc) is 2.76. The van der Waals surface area contributed by atoms with E-state index < -0.39 is 18.1 Å². The lowest BCUT2D eigenvalue weighted by Crippen LogP contribution is -2.45. The Kier molecular flexibility index (Phi) is 8.50. The third kappa shape index (κ3) is 7.53. The van der Waals surface area contributed by atoms with Crippen molar-refractivity contribution in [1.82, 2.24) is 10.8 Å². The molecule has 29 heavy (non-hydrogen) atoms. The molecule has 2 N–H and O–H groups in total. The summed E-state index contributed by atoms with van der Waals surface area (Å²) in [6, 6.07) is 15.2. The molecule has 0 aliphatic carbocycles. The maximum Gasteiger partial charge on any atom is 0.441 e. The molecule has 2 aromatic carbocycles. The fourth-order valence-electron chi connectivity index (χ4n) is 2.40. The Labute approximate surface area is 169 Å². The molecule has 0 heterocycles. The van der Waals surface area contributed by atoms with Gasteiger partial charge >= 0.3 is 12.1 Å². The van der Waals surface area contributed by atoms with E-state index in [9.17, 15) is 14.4 Å². The van der Waals surface area contributed by atoms with E-state index in [-0.39, 0.29) is 25.4 Å². The summed E-state index contributed by atoms with van der Waals surface area (Å²) in [4.78, 5) is 40.7. The molecule has 8 heteroatoms. The number of ether oxygens (including phenoxy) is 2. The van der Waals surface area contributed by atoms with Gasteiger partial charge in [-0.05, 0) is 23.3 Å². The highest BCUT2D eigenvalue weighted by Gasteiger charge is 2.23. The van der Waals surface area contributed by atoms with E-state index >= 15 is 0 Å². The molecule has 0 aromatic heterocycles. The minimum Gasteiger partial charge on any atom is -0.497 e. The number of hydrogen-bond acceptors (Lipinski definition) is 6. The van der Waals surface area contributed by atoms with Gasteiger partial charge in [0.2, 0.25) is 5.91 Å². The van der Waals surface area contributed by atoms with E-state index in [1.807, 2.05) is 23.7 Å². The van der Waals surface area contributed by atoms with Crippen molar-refractivity contribution in [3.63, 3.8) is 0 Å². The molecule has 0 aliphatic rings. The molecule has 2 amide bonds. The molecule has 1 atom stereocenters. The zero-order valence-corrected chi connectivity index (χ0v) is 16.3. The molecule has 0 unspecified atom stereocenters. The summed E-state index contributed by atoms with van der Waals surface area (Å²) in [5.74, 6) is -0.445. The Hall–Kier alpha value is -3.55. The normalized spacial score (nSPS) is 11.1. The number of carbonyl (C=O) groups is 3. The van der Waals surface area contributed by atoms with Gasteiger partial charge in [-0.3, -0.25) is 4.79 Å². The average molecular weight is 400 g/mol. The molecule has 0 aliphatic heterocycles. The van der Waals surface area contributed by atoms with Crippen molar-refractivity contribution in [1.29, 1.82) is 0 Å². The maximum atomic E-state index is 12.4. The van der Waals surface area contributed by atoms with Crippen LogP contribution in [0.15, 0.2) is 54.6 Å². The molecule has 154 valence electrons. The first-order valence-electron chi connectivity index (χ1n) is 9.11. The first-order chi connectivity index (χ1) is 14.0. The van der Waals surface area contributed by atoms with E-state index in [4.69, 9.17) is 14.3 Å². The number of benzene rings is 2. The highest BCUT2D eigenvalue weighted by molar-refractivity contribution is 5.85. The van der Waals surface area contributed by atoms with Crippen LogP contribution in [0.5, 0.6) is 5.75 Å². The Morgan fingerprint density at radius 2 is 1.66 bits per heavy atom. The standard InChI is InChI=1S/C21H24N2O6/c1-3-19(24)22-18(13-15-9-11-17(27-2)12-10-15)20(25)29-23-21(26)28-14-16-7-5-4-6-8-16/h4-12,18H,3,13-14H2,1-2H3,(H,22,24)(H,23,26)/t18-/m0/s1. The van der Waals surface area contributed by atoms with Gasteiger partial charge < -0.3 is 19.6 Å². The smallest absolute Gasteiger partial charge is 0.441 e. The van der Waals surface area contributed by atoms with Crippen molar-refractivity contribution in [3.05, 3.63) is 65.7 Å². The predicted molar refractivity (Wildman–Crippen MR) is 105 cm³/mol. The van der Waals surface area contributed by atoms with Crippen LogP contribution in [-0.2, 0) is 32.2 Å². The van der Waals surface area contributed by atoms with Crippen molar-refractivity contribution in [2.45, 2.75) is 32.4 Å². The molecule has 0 saturated heterocycles. The van der Waals surface area contributed by atoms with Gasteiger partial charge in [-0.15, -0.1) is 5.48 Å². The van der Waals surface area contributed by atoms with E-state index in [1.54, 1.807) is 50.4 Å².